The lowest BCUT2D eigenvalue weighted by Gasteiger charge is -2.22. The van der Waals surface area contributed by atoms with Gasteiger partial charge in [0.05, 0.1) is 0 Å². The Morgan fingerprint density at radius 1 is 1.37 bits per heavy atom. The van der Waals surface area contributed by atoms with Gasteiger partial charge >= 0.3 is 6.03 Å². The summed E-state index contributed by atoms with van der Waals surface area (Å²) in [6, 6.07) is 4.19. The molecule has 0 unspecified atom stereocenters. The van der Waals surface area contributed by atoms with Gasteiger partial charge in [-0.2, -0.15) is 0 Å². The van der Waals surface area contributed by atoms with E-state index in [1.165, 1.54) is 0 Å². The second-order valence-electron chi connectivity index (χ2n) is 4.87. The molecular formula is C14H21N3O2. The molecule has 1 aromatic rings. The minimum atomic E-state index is -0.00254. The molecule has 104 valence electrons. The normalized spacial score (nSPS) is 14.2. The summed E-state index contributed by atoms with van der Waals surface area (Å²) in [4.78, 5) is 18.0. The first-order valence-corrected chi connectivity index (χ1v) is 6.85. The summed E-state index contributed by atoms with van der Waals surface area (Å²) < 4.78 is 0. The van der Waals surface area contributed by atoms with Gasteiger partial charge in [0.1, 0.15) is 0 Å². The van der Waals surface area contributed by atoms with E-state index in [4.69, 9.17) is 5.11 Å². The molecule has 0 aromatic carbocycles. The number of carbonyl (C=O) groups is 1. The zero-order chi connectivity index (χ0) is 13.5. The molecule has 2 N–H and O–H groups in total. The molecule has 0 saturated heterocycles. The Balaban J connectivity index is 1.78. The molecule has 1 fully saturated rings. The summed E-state index contributed by atoms with van der Waals surface area (Å²) in [6.07, 6.45) is 7.25. The number of hydrogen-bond acceptors (Lipinski definition) is 3. The first-order valence-electron chi connectivity index (χ1n) is 6.85. The lowest BCUT2D eigenvalue weighted by molar-refractivity contribution is 0.190. The smallest absolute Gasteiger partial charge is 0.317 e. The predicted molar refractivity (Wildman–Crippen MR) is 72.5 cm³/mol. The second-order valence-corrected chi connectivity index (χ2v) is 4.87. The number of rotatable bonds is 7. The average molecular weight is 263 g/mol. The summed E-state index contributed by atoms with van der Waals surface area (Å²) in [5.41, 5.74) is 1.05. The maximum Gasteiger partial charge on any atom is 0.317 e. The number of nitrogens with zero attached hydrogens (tertiary/aromatic N) is 2. The SMILES string of the molecule is O=C(NCc1ccncc1)N(CCCCO)C1CC1. The third-order valence-corrected chi connectivity index (χ3v) is 3.25. The highest BCUT2D eigenvalue weighted by Crippen LogP contribution is 2.27. The van der Waals surface area contributed by atoms with Crippen molar-refractivity contribution >= 4 is 6.03 Å². The largest absolute Gasteiger partial charge is 0.396 e. The van der Waals surface area contributed by atoms with E-state index in [9.17, 15) is 4.79 Å². The summed E-state index contributed by atoms with van der Waals surface area (Å²) in [7, 11) is 0. The lowest BCUT2D eigenvalue weighted by Crippen LogP contribution is -2.41. The summed E-state index contributed by atoms with van der Waals surface area (Å²) >= 11 is 0. The molecule has 0 radical (unpaired) electrons. The highest BCUT2D eigenvalue weighted by atomic mass is 16.3. The quantitative estimate of drug-likeness (QED) is 0.733. The van der Waals surface area contributed by atoms with Crippen molar-refractivity contribution in [3.8, 4) is 0 Å². The van der Waals surface area contributed by atoms with E-state index >= 15 is 0 Å². The Bertz CT molecular complexity index is 393. The number of nitrogens with one attached hydrogen (secondary N) is 1. The van der Waals surface area contributed by atoms with Crippen molar-refractivity contribution in [2.45, 2.75) is 38.3 Å². The van der Waals surface area contributed by atoms with E-state index in [2.05, 4.69) is 10.3 Å². The number of pyridine rings is 1. The van der Waals surface area contributed by atoms with Gasteiger partial charge in [-0.1, -0.05) is 0 Å². The van der Waals surface area contributed by atoms with Crippen LogP contribution < -0.4 is 5.32 Å². The van der Waals surface area contributed by atoms with Crippen molar-refractivity contribution in [3.63, 3.8) is 0 Å². The Morgan fingerprint density at radius 2 is 2.11 bits per heavy atom. The van der Waals surface area contributed by atoms with Gasteiger partial charge in [-0.15, -0.1) is 0 Å². The minimum absolute atomic E-state index is 0.00254. The van der Waals surface area contributed by atoms with Crippen LogP contribution in [-0.4, -0.2) is 40.2 Å². The number of urea groups is 1. The Morgan fingerprint density at radius 3 is 2.74 bits per heavy atom. The molecule has 1 aliphatic rings. The standard InChI is InChI=1S/C14H21N3O2/c18-10-2-1-9-17(13-3-4-13)14(19)16-11-12-5-7-15-8-6-12/h5-8,13,18H,1-4,9-11H2,(H,16,19). The lowest BCUT2D eigenvalue weighted by atomic mass is 10.2. The number of aliphatic hydroxyl groups is 1. The zero-order valence-electron chi connectivity index (χ0n) is 11.1. The maximum absolute atomic E-state index is 12.1. The van der Waals surface area contributed by atoms with Crippen LogP contribution in [-0.2, 0) is 6.54 Å². The van der Waals surface area contributed by atoms with Gasteiger partial charge in [0.15, 0.2) is 0 Å². The van der Waals surface area contributed by atoms with E-state index in [0.29, 0.717) is 12.6 Å². The second kappa shape index (κ2) is 7.09. The van der Waals surface area contributed by atoms with Crippen molar-refractivity contribution in [2.24, 2.45) is 0 Å². The van der Waals surface area contributed by atoms with E-state index in [0.717, 1.165) is 37.8 Å². The van der Waals surface area contributed by atoms with Gasteiger partial charge in [0.2, 0.25) is 0 Å². The zero-order valence-corrected chi connectivity index (χ0v) is 11.1. The molecule has 5 heteroatoms. The molecule has 2 amide bonds. The van der Waals surface area contributed by atoms with Crippen molar-refractivity contribution in [2.75, 3.05) is 13.2 Å². The molecule has 0 aliphatic heterocycles. The molecule has 2 rings (SSSR count). The summed E-state index contributed by atoms with van der Waals surface area (Å²) in [5.74, 6) is 0. The van der Waals surface area contributed by atoms with Crippen LogP contribution in [0.2, 0.25) is 0 Å². The molecule has 5 nitrogen and oxygen atoms in total. The van der Waals surface area contributed by atoms with Crippen LogP contribution in [0.1, 0.15) is 31.2 Å². The van der Waals surface area contributed by atoms with Crippen LogP contribution in [0.25, 0.3) is 0 Å². The third kappa shape index (κ3) is 4.52. The van der Waals surface area contributed by atoms with Gasteiger partial charge in [0.25, 0.3) is 0 Å². The molecule has 1 aliphatic carbocycles. The fourth-order valence-electron chi connectivity index (χ4n) is 2.01. The number of aromatic nitrogens is 1. The Kier molecular flexibility index (Phi) is 5.15. The summed E-state index contributed by atoms with van der Waals surface area (Å²) in [5, 5.41) is 11.7. The van der Waals surface area contributed by atoms with Gasteiger partial charge < -0.3 is 15.3 Å². The van der Waals surface area contributed by atoms with Crippen LogP contribution >= 0.6 is 0 Å². The first kappa shape index (κ1) is 13.8. The fraction of sp³-hybridized carbons (Fsp3) is 0.571. The van der Waals surface area contributed by atoms with Crippen LogP contribution in [0.5, 0.6) is 0 Å². The molecule has 1 heterocycles. The molecular weight excluding hydrogens is 242 g/mol. The van der Waals surface area contributed by atoms with Gasteiger partial charge in [0, 0.05) is 38.1 Å². The fourth-order valence-corrected chi connectivity index (χ4v) is 2.01. The first-order chi connectivity index (χ1) is 9.31. The van der Waals surface area contributed by atoms with Crippen LogP contribution in [0.4, 0.5) is 4.79 Å². The van der Waals surface area contributed by atoms with E-state index in [1.807, 2.05) is 17.0 Å². The van der Waals surface area contributed by atoms with Crippen LogP contribution in [0.15, 0.2) is 24.5 Å². The molecule has 1 saturated carbocycles. The topological polar surface area (TPSA) is 65.5 Å². The number of unbranched alkanes of at least 4 members (excludes halogenated alkanes) is 1. The monoisotopic (exact) mass is 263 g/mol. The number of hydrogen-bond donors (Lipinski definition) is 2. The van der Waals surface area contributed by atoms with Gasteiger partial charge in [-0.3, -0.25) is 4.98 Å². The van der Waals surface area contributed by atoms with Crippen molar-refractivity contribution in [1.82, 2.24) is 15.2 Å². The van der Waals surface area contributed by atoms with Crippen LogP contribution in [0, 0.1) is 0 Å². The minimum Gasteiger partial charge on any atom is -0.396 e. The molecule has 19 heavy (non-hydrogen) atoms. The number of aliphatic hydroxyl groups excluding tert-OH is 1. The van der Waals surface area contributed by atoms with E-state index in [-0.39, 0.29) is 12.6 Å². The van der Waals surface area contributed by atoms with Crippen molar-refractivity contribution in [1.29, 1.82) is 0 Å². The highest BCUT2D eigenvalue weighted by Gasteiger charge is 2.31. The van der Waals surface area contributed by atoms with Crippen LogP contribution in [0.3, 0.4) is 0 Å². The molecule has 0 bridgehead atoms. The van der Waals surface area contributed by atoms with Gasteiger partial charge in [-0.25, -0.2) is 4.79 Å². The molecule has 1 aromatic heterocycles. The third-order valence-electron chi connectivity index (χ3n) is 3.25. The average Bonchev–Trinajstić information content (AvgIpc) is 3.27. The Labute approximate surface area is 113 Å². The molecule has 0 spiro atoms. The summed E-state index contributed by atoms with van der Waals surface area (Å²) in [6.45, 7) is 1.45. The number of carbonyl (C=O) groups excluding carboxylic acids is 1. The van der Waals surface area contributed by atoms with Gasteiger partial charge in [-0.05, 0) is 43.4 Å². The van der Waals surface area contributed by atoms with E-state index in [1.54, 1.807) is 12.4 Å². The highest BCUT2D eigenvalue weighted by molar-refractivity contribution is 5.74. The van der Waals surface area contributed by atoms with Crippen molar-refractivity contribution in [3.05, 3.63) is 30.1 Å². The van der Waals surface area contributed by atoms with Crippen molar-refractivity contribution < 1.29 is 9.90 Å². The number of amides is 2. The maximum atomic E-state index is 12.1. The predicted octanol–water partition coefficient (Wildman–Crippen LogP) is 1.53. The molecule has 0 atom stereocenters. The Hall–Kier alpha value is -1.62. The van der Waals surface area contributed by atoms with E-state index < -0.39 is 0 Å².